The van der Waals surface area contributed by atoms with Crippen molar-refractivity contribution < 1.29 is 9.90 Å². The van der Waals surface area contributed by atoms with E-state index in [1.807, 2.05) is 6.92 Å². The average Bonchev–Trinajstić information content (AvgIpc) is 1.67. The molecule has 0 unspecified atom stereocenters. The molecule has 0 saturated carbocycles. The first-order valence-corrected chi connectivity index (χ1v) is 2.74. The molecule has 0 aromatic rings. The van der Waals surface area contributed by atoms with Crippen LogP contribution in [-0.4, -0.2) is 40.6 Å². The number of hydrogen-bond acceptors (Lipinski definition) is 1. The first kappa shape index (κ1) is 12.2. The van der Waals surface area contributed by atoms with Gasteiger partial charge in [-0.1, -0.05) is 6.92 Å². The molecule has 9 heavy (non-hydrogen) atoms. The van der Waals surface area contributed by atoms with Crippen molar-refractivity contribution >= 4 is 35.5 Å². The zero-order chi connectivity index (χ0) is 6.78. The van der Waals surface area contributed by atoms with Crippen LogP contribution in [0.15, 0.2) is 0 Å². The third-order valence-corrected chi connectivity index (χ3v) is 1.46. The quantitative estimate of drug-likeness (QED) is 0.577. The van der Waals surface area contributed by atoms with Gasteiger partial charge in [-0.25, -0.2) is 0 Å². The third kappa shape index (κ3) is 3.95. The summed E-state index contributed by atoms with van der Waals surface area (Å²) < 4.78 is 0. The number of carboxylic acid groups (broad SMARTS) is 1. The number of hydrogen-bond donors (Lipinski definition) is 1. The van der Waals surface area contributed by atoms with E-state index in [4.69, 9.17) is 5.11 Å². The molecule has 2 nitrogen and oxygen atoms in total. The van der Waals surface area contributed by atoms with Crippen LogP contribution in [0.3, 0.4) is 0 Å². The fourth-order valence-corrected chi connectivity index (χ4v) is 0.151. The normalized spacial score (nSPS) is 10.1. The first-order chi connectivity index (χ1) is 3.50. The maximum absolute atomic E-state index is 10.3. The summed E-state index contributed by atoms with van der Waals surface area (Å²) in [6, 6.07) is 0. The van der Waals surface area contributed by atoms with E-state index in [1.165, 1.54) is 0 Å². The van der Waals surface area contributed by atoms with E-state index in [2.05, 4.69) is 0 Å². The Morgan fingerprint density at radius 1 is 1.56 bits per heavy atom. The van der Waals surface area contributed by atoms with E-state index >= 15 is 0 Å². The van der Waals surface area contributed by atoms with E-state index in [-0.39, 0.29) is 29.6 Å². The molecule has 0 rings (SSSR count). The van der Waals surface area contributed by atoms with Crippen LogP contribution in [0.1, 0.15) is 27.2 Å². The van der Waals surface area contributed by atoms with Crippen molar-refractivity contribution in [1.82, 2.24) is 0 Å². The second-order valence-electron chi connectivity index (χ2n) is 2.54. The molecule has 0 saturated heterocycles. The van der Waals surface area contributed by atoms with Crippen molar-refractivity contribution in [3.63, 3.8) is 0 Å². The number of carbonyl (C=O) groups is 1. The van der Waals surface area contributed by atoms with Crippen LogP contribution < -0.4 is 0 Å². The monoisotopic (exact) mass is 140 g/mol. The van der Waals surface area contributed by atoms with Gasteiger partial charge in [0.2, 0.25) is 0 Å². The van der Waals surface area contributed by atoms with Crippen LogP contribution in [0.2, 0.25) is 0 Å². The average molecular weight is 140 g/mol. The number of aliphatic carboxylic acids is 1. The molecule has 0 spiro atoms. The summed E-state index contributed by atoms with van der Waals surface area (Å²) in [4.78, 5) is 10.3. The van der Waals surface area contributed by atoms with E-state index in [1.54, 1.807) is 13.8 Å². The van der Waals surface area contributed by atoms with E-state index in [0.717, 1.165) is 0 Å². The van der Waals surface area contributed by atoms with Gasteiger partial charge in [-0.2, -0.15) is 0 Å². The molecule has 0 radical (unpaired) electrons. The van der Waals surface area contributed by atoms with E-state index in [9.17, 15) is 4.79 Å². The summed E-state index contributed by atoms with van der Waals surface area (Å²) in [5, 5.41) is 8.44. The summed E-state index contributed by atoms with van der Waals surface area (Å²) in [5.41, 5.74) is -0.542. The summed E-state index contributed by atoms with van der Waals surface area (Å²) in [7, 11) is 0. The minimum absolute atomic E-state index is 0. The summed E-state index contributed by atoms with van der Waals surface area (Å²) >= 11 is 0. The molecule has 0 aliphatic heterocycles. The Hall–Kier alpha value is 0.470. The SMILES string of the molecule is CCC(C)(C)C(=O)O.[NaH]. The Bertz CT molecular complexity index is 99.2. The Balaban J connectivity index is 0. The molecule has 0 fully saturated rings. The first-order valence-electron chi connectivity index (χ1n) is 2.74. The molecule has 0 bridgehead atoms. The Kier molecular flexibility index (Phi) is 5.83. The molecule has 0 aromatic carbocycles. The van der Waals surface area contributed by atoms with Gasteiger partial charge < -0.3 is 5.11 Å². The van der Waals surface area contributed by atoms with Gasteiger partial charge in [-0.15, -0.1) is 0 Å². The summed E-state index contributed by atoms with van der Waals surface area (Å²) in [6.45, 7) is 5.30. The minimum atomic E-state index is -0.722. The van der Waals surface area contributed by atoms with Gasteiger partial charge in [-0.3, -0.25) is 4.79 Å². The zero-order valence-electron chi connectivity index (χ0n) is 5.56. The second kappa shape index (κ2) is 4.31. The van der Waals surface area contributed by atoms with Gasteiger partial charge in [0.15, 0.2) is 0 Å². The van der Waals surface area contributed by atoms with Crippen LogP contribution in [0.25, 0.3) is 0 Å². The number of rotatable bonds is 2. The molecule has 0 aliphatic rings. The van der Waals surface area contributed by atoms with Crippen molar-refractivity contribution in [2.45, 2.75) is 27.2 Å². The van der Waals surface area contributed by atoms with Gasteiger partial charge in [-0.05, 0) is 20.3 Å². The molecule has 0 heterocycles. The summed E-state index contributed by atoms with van der Waals surface area (Å²) in [5.74, 6) is -0.722. The van der Waals surface area contributed by atoms with Gasteiger partial charge in [0.05, 0.1) is 5.41 Å². The molecule has 0 atom stereocenters. The molecule has 0 aromatic heterocycles. The van der Waals surface area contributed by atoms with Crippen molar-refractivity contribution in [2.24, 2.45) is 5.41 Å². The topological polar surface area (TPSA) is 37.3 Å². The molecule has 0 aliphatic carbocycles. The van der Waals surface area contributed by atoms with Crippen molar-refractivity contribution in [3.8, 4) is 0 Å². The molecule has 1 N–H and O–H groups in total. The number of carboxylic acids is 1. The zero-order valence-corrected chi connectivity index (χ0v) is 5.56. The third-order valence-electron chi connectivity index (χ3n) is 1.46. The van der Waals surface area contributed by atoms with Crippen LogP contribution in [0, 0.1) is 5.41 Å². The van der Waals surface area contributed by atoms with Crippen LogP contribution in [0.5, 0.6) is 0 Å². The van der Waals surface area contributed by atoms with Gasteiger partial charge in [0, 0.05) is 0 Å². The van der Waals surface area contributed by atoms with E-state index in [0.29, 0.717) is 6.42 Å². The van der Waals surface area contributed by atoms with Crippen LogP contribution in [0.4, 0.5) is 0 Å². The molecular formula is C6H13NaO2. The van der Waals surface area contributed by atoms with Gasteiger partial charge in [0.1, 0.15) is 0 Å². The van der Waals surface area contributed by atoms with Crippen molar-refractivity contribution in [1.29, 1.82) is 0 Å². The standard InChI is InChI=1S/C6H12O2.Na.H/c1-4-6(2,3)5(7)8;;/h4H2,1-3H3,(H,7,8);;. The Labute approximate surface area is 77.9 Å². The maximum atomic E-state index is 10.3. The van der Waals surface area contributed by atoms with Crippen LogP contribution >= 0.6 is 0 Å². The summed E-state index contributed by atoms with van der Waals surface area (Å²) in [6.07, 6.45) is 0.683. The Morgan fingerprint density at radius 3 is 1.89 bits per heavy atom. The molecular weight excluding hydrogens is 127 g/mol. The predicted octanol–water partition coefficient (Wildman–Crippen LogP) is 0.859. The fraction of sp³-hybridized carbons (Fsp3) is 0.833. The second-order valence-corrected chi connectivity index (χ2v) is 2.54. The molecule has 3 heteroatoms. The van der Waals surface area contributed by atoms with Crippen molar-refractivity contribution in [2.75, 3.05) is 0 Å². The van der Waals surface area contributed by atoms with Crippen LogP contribution in [-0.2, 0) is 4.79 Å². The molecule has 50 valence electrons. The van der Waals surface area contributed by atoms with E-state index < -0.39 is 11.4 Å². The Morgan fingerprint density at radius 2 is 1.89 bits per heavy atom. The van der Waals surface area contributed by atoms with Gasteiger partial charge in [0.25, 0.3) is 0 Å². The molecule has 0 amide bonds. The fourth-order valence-electron chi connectivity index (χ4n) is 0.151. The van der Waals surface area contributed by atoms with Gasteiger partial charge >= 0.3 is 35.5 Å². The van der Waals surface area contributed by atoms with Crippen molar-refractivity contribution in [3.05, 3.63) is 0 Å². The predicted molar refractivity (Wildman–Crippen MR) is 38.9 cm³/mol.